The molecule has 1 rings (SSSR count). The fourth-order valence-electron chi connectivity index (χ4n) is 2.83. The van der Waals surface area contributed by atoms with Crippen LogP contribution < -0.4 is 0 Å². The molecule has 0 atom stereocenters. The van der Waals surface area contributed by atoms with Gasteiger partial charge in [-0.2, -0.15) is 0 Å². The SMILES string of the molecule is CO[Si](OC)(N1CCCCC1)C(C)(C)C(C)C. The van der Waals surface area contributed by atoms with Crippen LogP contribution in [-0.4, -0.2) is 40.6 Å². The summed E-state index contributed by atoms with van der Waals surface area (Å²) in [7, 11) is 1.36. The molecule has 0 aromatic heterocycles. The Bertz CT molecular complexity index is 234. The van der Waals surface area contributed by atoms with Gasteiger partial charge >= 0.3 is 8.72 Å². The van der Waals surface area contributed by atoms with Crippen LogP contribution >= 0.6 is 0 Å². The van der Waals surface area contributed by atoms with E-state index in [0.29, 0.717) is 5.92 Å². The number of piperidine rings is 1. The van der Waals surface area contributed by atoms with Gasteiger partial charge in [0.25, 0.3) is 0 Å². The van der Waals surface area contributed by atoms with Crippen molar-refractivity contribution >= 4 is 8.72 Å². The van der Waals surface area contributed by atoms with Crippen LogP contribution in [0.3, 0.4) is 0 Å². The molecule has 1 aliphatic heterocycles. The standard InChI is InChI=1S/C13H29NO2Si/c1-12(2)13(3,4)17(15-5,16-6)14-10-8-7-9-11-14/h12H,7-11H2,1-6H3. The van der Waals surface area contributed by atoms with Crippen molar-refractivity contribution in [3.05, 3.63) is 0 Å². The van der Waals surface area contributed by atoms with Gasteiger partial charge in [-0.3, -0.25) is 4.57 Å². The first-order chi connectivity index (χ1) is 7.92. The van der Waals surface area contributed by atoms with Crippen molar-refractivity contribution in [2.75, 3.05) is 27.3 Å². The van der Waals surface area contributed by atoms with Crippen molar-refractivity contribution in [1.29, 1.82) is 0 Å². The van der Waals surface area contributed by atoms with Gasteiger partial charge in [-0.25, -0.2) is 0 Å². The van der Waals surface area contributed by atoms with Crippen molar-refractivity contribution < 1.29 is 8.85 Å². The molecule has 0 amide bonds. The minimum Gasteiger partial charge on any atom is -0.386 e. The fourth-order valence-corrected chi connectivity index (χ4v) is 7.01. The molecule has 102 valence electrons. The van der Waals surface area contributed by atoms with E-state index in [1.165, 1.54) is 19.3 Å². The molecule has 1 fully saturated rings. The Balaban J connectivity index is 3.02. The number of hydrogen-bond donors (Lipinski definition) is 0. The Morgan fingerprint density at radius 2 is 1.47 bits per heavy atom. The second kappa shape index (κ2) is 5.82. The fraction of sp³-hybridized carbons (Fsp3) is 1.00. The van der Waals surface area contributed by atoms with E-state index in [1.807, 2.05) is 14.2 Å². The normalized spacial score (nSPS) is 19.9. The molecule has 3 nitrogen and oxygen atoms in total. The maximum atomic E-state index is 6.00. The van der Waals surface area contributed by atoms with Gasteiger partial charge in [-0.1, -0.05) is 34.1 Å². The lowest BCUT2D eigenvalue weighted by molar-refractivity contribution is 0.110. The highest BCUT2D eigenvalue weighted by atomic mass is 28.4. The molecular formula is C13H29NO2Si. The molecule has 4 heteroatoms. The molecule has 0 aromatic rings. The summed E-state index contributed by atoms with van der Waals surface area (Å²) in [6, 6.07) is 0. The summed E-state index contributed by atoms with van der Waals surface area (Å²) >= 11 is 0. The Kier molecular flexibility index (Phi) is 5.19. The molecule has 0 N–H and O–H groups in total. The van der Waals surface area contributed by atoms with Crippen molar-refractivity contribution in [3.63, 3.8) is 0 Å². The Morgan fingerprint density at radius 1 is 1.00 bits per heavy atom. The van der Waals surface area contributed by atoms with Crippen LogP contribution in [0.4, 0.5) is 0 Å². The zero-order valence-corrected chi connectivity index (χ0v) is 13.4. The van der Waals surface area contributed by atoms with Crippen LogP contribution in [0, 0.1) is 5.92 Å². The third-order valence-corrected chi connectivity index (χ3v) is 9.18. The lowest BCUT2D eigenvalue weighted by atomic mass is 9.99. The minimum absolute atomic E-state index is 0.0911. The van der Waals surface area contributed by atoms with E-state index in [0.717, 1.165) is 13.1 Å². The lowest BCUT2D eigenvalue weighted by Crippen LogP contribution is -2.66. The average Bonchev–Trinajstić information content (AvgIpc) is 2.32. The van der Waals surface area contributed by atoms with Gasteiger partial charge in [0, 0.05) is 19.3 Å². The molecule has 0 spiro atoms. The highest BCUT2D eigenvalue weighted by Crippen LogP contribution is 2.46. The van der Waals surface area contributed by atoms with Crippen molar-refractivity contribution in [3.8, 4) is 0 Å². The number of nitrogens with zero attached hydrogens (tertiary/aromatic N) is 1. The molecule has 0 saturated carbocycles. The summed E-state index contributed by atoms with van der Waals surface area (Å²) in [5.41, 5.74) is 0. The van der Waals surface area contributed by atoms with E-state index in [1.54, 1.807) is 0 Å². The van der Waals surface area contributed by atoms with Crippen LogP contribution in [-0.2, 0) is 8.85 Å². The van der Waals surface area contributed by atoms with Crippen LogP contribution in [0.5, 0.6) is 0 Å². The smallest absolute Gasteiger partial charge is 0.386 e. The first-order valence-corrected chi connectivity index (χ1v) is 8.54. The van der Waals surface area contributed by atoms with Crippen LogP contribution in [0.15, 0.2) is 0 Å². The highest BCUT2D eigenvalue weighted by molar-refractivity contribution is 6.67. The molecule has 0 aliphatic carbocycles. The zero-order valence-electron chi connectivity index (χ0n) is 12.4. The van der Waals surface area contributed by atoms with Crippen LogP contribution in [0.2, 0.25) is 5.04 Å². The molecule has 1 heterocycles. The Morgan fingerprint density at radius 3 is 1.82 bits per heavy atom. The van der Waals surface area contributed by atoms with Crippen LogP contribution in [0.1, 0.15) is 47.0 Å². The van der Waals surface area contributed by atoms with Gasteiger partial charge in [0.2, 0.25) is 0 Å². The number of rotatable bonds is 5. The lowest BCUT2D eigenvalue weighted by Gasteiger charge is -2.50. The zero-order chi connectivity index (χ0) is 13.1. The van der Waals surface area contributed by atoms with Crippen molar-refractivity contribution in [1.82, 2.24) is 4.57 Å². The maximum absolute atomic E-state index is 6.00. The summed E-state index contributed by atoms with van der Waals surface area (Å²) in [5.74, 6) is 0.552. The molecule has 1 saturated heterocycles. The van der Waals surface area contributed by atoms with E-state index in [9.17, 15) is 0 Å². The third-order valence-electron chi connectivity index (χ3n) is 4.58. The van der Waals surface area contributed by atoms with E-state index in [2.05, 4.69) is 32.3 Å². The molecule has 0 bridgehead atoms. The Hall–Kier alpha value is 0.0969. The van der Waals surface area contributed by atoms with Gasteiger partial charge in [-0.05, 0) is 31.8 Å². The quantitative estimate of drug-likeness (QED) is 0.708. The van der Waals surface area contributed by atoms with Gasteiger partial charge in [0.15, 0.2) is 0 Å². The summed E-state index contributed by atoms with van der Waals surface area (Å²) < 4.78 is 14.5. The molecular weight excluding hydrogens is 230 g/mol. The summed E-state index contributed by atoms with van der Waals surface area (Å²) in [5, 5.41) is 0.0911. The van der Waals surface area contributed by atoms with Gasteiger partial charge in [-0.15, -0.1) is 0 Å². The van der Waals surface area contributed by atoms with E-state index >= 15 is 0 Å². The first-order valence-electron chi connectivity index (χ1n) is 6.77. The summed E-state index contributed by atoms with van der Waals surface area (Å²) in [6.07, 6.45) is 3.89. The molecule has 0 radical (unpaired) electrons. The number of hydrogen-bond acceptors (Lipinski definition) is 3. The molecule has 0 aromatic carbocycles. The van der Waals surface area contributed by atoms with Crippen molar-refractivity contribution in [2.45, 2.75) is 52.0 Å². The topological polar surface area (TPSA) is 21.7 Å². The predicted molar refractivity (Wildman–Crippen MR) is 74.1 cm³/mol. The van der Waals surface area contributed by atoms with E-state index in [-0.39, 0.29) is 5.04 Å². The predicted octanol–water partition coefficient (Wildman–Crippen LogP) is 3.14. The summed E-state index contributed by atoms with van der Waals surface area (Å²) in [6.45, 7) is 11.4. The van der Waals surface area contributed by atoms with Gasteiger partial charge < -0.3 is 8.85 Å². The maximum Gasteiger partial charge on any atom is 0.433 e. The monoisotopic (exact) mass is 259 g/mol. The second-order valence-corrected chi connectivity index (χ2v) is 9.82. The highest BCUT2D eigenvalue weighted by Gasteiger charge is 2.57. The average molecular weight is 259 g/mol. The van der Waals surface area contributed by atoms with Crippen LogP contribution in [0.25, 0.3) is 0 Å². The van der Waals surface area contributed by atoms with Gasteiger partial charge in [0.1, 0.15) is 0 Å². The van der Waals surface area contributed by atoms with Crippen molar-refractivity contribution in [2.24, 2.45) is 5.92 Å². The third kappa shape index (κ3) is 2.60. The molecule has 0 unspecified atom stereocenters. The molecule has 1 aliphatic rings. The summed E-state index contributed by atoms with van der Waals surface area (Å²) in [4.78, 5) is 0. The minimum atomic E-state index is -2.30. The van der Waals surface area contributed by atoms with Gasteiger partial charge in [0.05, 0.1) is 0 Å². The largest absolute Gasteiger partial charge is 0.433 e. The van der Waals surface area contributed by atoms with E-state index in [4.69, 9.17) is 8.85 Å². The van der Waals surface area contributed by atoms with E-state index < -0.39 is 8.72 Å². The Labute approximate surface area is 108 Å². The molecule has 17 heavy (non-hydrogen) atoms. The first kappa shape index (κ1) is 15.2. The second-order valence-electron chi connectivity index (χ2n) is 5.91.